The lowest BCUT2D eigenvalue weighted by molar-refractivity contribution is -0.143. The fraction of sp³-hybridized carbons (Fsp3) is 0.429. The molecule has 0 saturated carbocycles. The molecule has 0 aliphatic heterocycles. The van der Waals surface area contributed by atoms with E-state index in [2.05, 4.69) is 11.2 Å². The maximum atomic E-state index is 11.2. The second kappa shape index (κ2) is 6.19. The van der Waals surface area contributed by atoms with Gasteiger partial charge < -0.3 is 4.74 Å². The number of rotatable bonds is 6. The Morgan fingerprint density at radius 1 is 1.33 bits per heavy atom. The maximum Gasteiger partial charge on any atom is 0.305 e. The second-order valence-corrected chi connectivity index (χ2v) is 4.21. The van der Waals surface area contributed by atoms with Crippen LogP contribution in [0.15, 0.2) is 30.5 Å². The molecule has 96 valence electrons. The zero-order valence-corrected chi connectivity index (χ0v) is 10.6. The summed E-state index contributed by atoms with van der Waals surface area (Å²) in [6.07, 6.45) is 4.32. The van der Waals surface area contributed by atoms with Crippen LogP contribution in [0, 0.1) is 0 Å². The number of esters is 1. The molecule has 2 rings (SSSR count). The van der Waals surface area contributed by atoms with Gasteiger partial charge in [0.2, 0.25) is 0 Å². The van der Waals surface area contributed by atoms with Crippen LogP contribution in [0.4, 0.5) is 0 Å². The third-order valence-corrected chi connectivity index (χ3v) is 2.78. The molecule has 0 fully saturated rings. The third kappa shape index (κ3) is 3.32. The molecule has 4 nitrogen and oxygen atoms in total. The largest absolute Gasteiger partial charge is 0.466 e. The van der Waals surface area contributed by atoms with Crippen molar-refractivity contribution in [3.63, 3.8) is 0 Å². The number of aromatic nitrogens is 2. The average Bonchev–Trinajstić information content (AvgIpc) is 2.77. The number of unbranched alkanes of at least 4 members (excludes halogenated alkanes) is 1. The first-order chi connectivity index (χ1) is 8.79. The predicted octanol–water partition coefficient (Wildman–Crippen LogP) is 2.77. The van der Waals surface area contributed by atoms with Gasteiger partial charge in [-0.05, 0) is 25.8 Å². The van der Waals surface area contributed by atoms with E-state index in [-0.39, 0.29) is 5.97 Å². The molecule has 1 aromatic heterocycles. The van der Waals surface area contributed by atoms with Crippen molar-refractivity contribution in [2.45, 2.75) is 32.7 Å². The number of hydrogen-bond acceptors (Lipinski definition) is 3. The smallest absolute Gasteiger partial charge is 0.305 e. The molecule has 0 aliphatic rings. The number of fused-ring (bicyclic) bond motifs is 1. The van der Waals surface area contributed by atoms with Crippen LogP contribution in [0.3, 0.4) is 0 Å². The monoisotopic (exact) mass is 246 g/mol. The van der Waals surface area contributed by atoms with Crippen molar-refractivity contribution >= 4 is 16.9 Å². The van der Waals surface area contributed by atoms with E-state index in [0.717, 1.165) is 30.3 Å². The number of nitrogens with zero attached hydrogens (tertiary/aromatic N) is 2. The Kier molecular flexibility index (Phi) is 4.34. The number of benzene rings is 1. The van der Waals surface area contributed by atoms with Crippen molar-refractivity contribution in [3.05, 3.63) is 30.5 Å². The summed E-state index contributed by atoms with van der Waals surface area (Å²) in [5, 5.41) is 5.62. The van der Waals surface area contributed by atoms with Gasteiger partial charge >= 0.3 is 5.97 Å². The highest BCUT2D eigenvalue weighted by molar-refractivity contribution is 5.77. The van der Waals surface area contributed by atoms with E-state index in [0.29, 0.717) is 13.0 Å². The zero-order chi connectivity index (χ0) is 12.8. The lowest BCUT2D eigenvalue weighted by Crippen LogP contribution is -2.05. The van der Waals surface area contributed by atoms with Crippen LogP contribution < -0.4 is 0 Å². The van der Waals surface area contributed by atoms with E-state index >= 15 is 0 Å². The van der Waals surface area contributed by atoms with Gasteiger partial charge in [-0.15, -0.1) is 0 Å². The summed E-state index contributed by atoms with van der Waals surface area (Å²) in [5.41, 5.74) is 1.02. The SMILES string of the molecule is CCOC(=O)CCCCn1cc2ccccc2n1. The highest BCUT2D eigenvalue weighted by Gasteiger charge is 2.02. The first-order valence-electron chi connectivity index (χ1n) is 6.37. The molecular formula is C14H18N2O2. The molecule has 0 saturated heterocycles. The van der Waals surface area contributed by atoms with Crippen LogP contribution >= 0.6 is 0 Å². The summed E-state index contributed by atoms with van der Waals surface area (Å²) in [6, 6.07) is 8.05. The standard InChI is InChI=1S/C14H18N2O2/c1-2-18-14(17)9-5-6-10-16-11-12-7-3-4-8-13(12)15-16/h3-4,7-8,11H,2,5-6,9-10H2,1H3. The first-order valence-corrected chi connectivity index (χ1v) is 6.37. The Morgan fingerprint density at radius 3 is 2.94 bits per heavy atom. The minimum absolute atomic E-state index is 0.108. The molecule has 0 spiro atoms. The first kappa shape index (κ1) is 12.6. The number of carbonyl (C=O) groups excluding carboxylic acids is 1. The highest BCUT2D eigenvalue weighted by atomic mass is 16.5. The molecular weight excluding hydrogens is 228 g/mol. The molecule has 18 heavy (non-hydrogen) atoms. The van der Waals surface area contributed by atoms with Crippen LogP contribution in [0.5, 0.6) is 0 Å². The molecule has 0 atom stereocenters. The molecule has 0 unspecified atom stereocenters. The maximum absolute atomic E-state index is 11.2. The summed E-state index contributed by atoms with van der Waals surface area (Å²) >= 11 is 0. The topological polar surface area (TPSA) is 44.1 Å². The Labute approximate surface area is 107 Å². The molecule has 0 radical (unpaired) electrons. The van der Waals surface area contributed by atoms with Crippen LogP contribution in [-0.4, -0.2) is 22.4 Å². The number of aryl methyl sites for hydroxylation is 1. The molecule has 0 bridgehead atoms. The van der Waals surface area contributed by atoms with Crippen LogP contribution in [0.25, 0.3) is 10.9 Å². The normalized spacial score (nSPS) is 10.7. The zero-order valence-electron chi connectivity index (χ0n) is 10.6. The van der Waals surface area contributed by atoms with Crippen molar-refractivity contribution < 1.29 is 9.53 Å². The van der Waals surface area contributed by atoms with E-state index in [1.165, 1.54) is 0 Å². The fourth-order valence-corrected chi connectivity index (χ4v) is 1.91. The summed E-state index contributed by atoms with van der Waals surface area (Å²) in [7, 11) is 0. The lowest BCUT2D eigenvalue weighted by Gasteiger charge is -2.02. The minimum atomic E-state index is -0.108. The quantitative estimate of drug-likeness (QED) is 0.581. The van der Waals surface area contributed by atoms with Crippen molar-refractivity contribution in [1.29, 1.82) is 0 Å². The fourth-order valence-electron chi connectivity index (χ4n) is 1.91. The Hall–Kier alpha value is -1.84. The van der Waals surface area contributed by atoms with Crippen LogP contribution in [0.2, 0.25) is 0 Å². The highest BCUT2D eigenvalue weighted by Crippen LogP contribution is 2.11. The van der Waals surface area contributed by atoms with Crippen molar-refractivity contribution in [2.24, 2.45) is 0 Å². The summed E-state index contributed by atoms with van der Waals surface area (Å²) in [6.45, 7) is 3.13. The van der Waals surface area contributed by atoms with Crippen LogP contribution in [0.1, 0.15) is 26.2 Å². The molecule has 2 aromatic rings. The second-order valence-electron chi connectivity index (χ2n) is 4.21. The van der Waals surface area contributed by atoms with Gasteiger partial charge in [0, 0.05) is 24.5 Å². The number of hydrogen-bond donors (Lipinski definition) is 0. The summed E-state index contributed by atoms with van der Waals surface area (Å²) in [5.74, 6) is -0.108. The van der Waals surface area contributed by atoms with E-state index < -0.39 is 0 Å². The predicted molar refractivity (Wildman–Crippen MR) is 70.2 cm³/mol. The average molecular weight is 246 g/mol. The minimum Gasteiger partial charge on any atom is -0.466 e. The molecule has 4 heteroatoms. The van der Waals surface area contributed by atoms with Gasteiger partial charge in [-0.25, -0.2) is 0 Å². The summed E-state index contributed by atoms with van der Waals surface area (Å²) in [4.78, 5) is 11.2. The molecule has 1 aromatic carbocycles. The molecule has 0 amide bonds. The molecule has 1 heterocycles. The van der Waals surface area contributed by atoms with Gasteiger partial charge in [-0.1, -0.05) is 18.2 Å². The summed E-state index contributed by atoms with van der Waals surface area (Å²) < 4.78 is 6.82. The number of ether oxygens (including phenoxy) is 1. The van der Waals surface area contributed by atoms with E-state index in [1.807, 2.05) is 36.0 Å². The van der Waals surface area contributed by atoms with Gasteiger partial charge in [0.05, 0.1) is 12.1 Å². The van der Waals surface area contributed by atoms with Crippen molar-refractivity contribution in [2.75, 3.05) is 6.61 Å². The van der Waals surface area contributed by atoms with Crippen molar-refractivity contribution in [1.82, 2.24) is 9.78 Å². The Balaban J connectivity index is 1.78. The van der Waals surface area contributed by atoms with E-state index in [4.69, 9.17) is 4.74 Å². The Bertz CT molecular complexity index is 486. The van der Waals surface area contributed by atoms with Gasteiger partial charge in [-0.2, -0.15) is 5.10 Å². The van der Waals surface area contributed by atoms with Gasteiger partial charge in [0.1, 0.15) is 0 Å². The van der Waals surface area contributed by atoms with E-state index in [1.54, 1.807) is 0 Å². The van der Waals surface area contributed by atoms with Gasteiger partial charge in [0.15, 0.2) is 0 Å². The molecule has 0 N–H and O–H groups in total. The van der Waals surface area contributed by atoms with Gasteiger partial charge in [-0.3, -0.25) is 9.48 Å². The molecule has 0 aliphatic carbocycles. The van der Waals surface area contributed by atoms with Crippen LogP contribution in [-0.2, 0) is 16.1 Å². The Morgan fingerprint density at radius 2 is 2.17 bits per heavy atom. The van der Waals surface area contributed by atoms with Gasteiger partial charge in [0.25, 0.3) is 0 Å². The lowest BCUT2D eigenvalue weighted by atomic mass is 10.2. The number of carbonyl (C=O) groups is 1. The van der Waals surface area contributed by atoms with E-state index in [9.17, 15) is 4.79 Å². The third-order valence-electron chi connectivity index (χ3n) is 2.78. The van der Waals surface area contributed by atoms with Crippen molar-refractivity contribution in [3.8, 4) is 0 Å².